The molecule has 0 unspecified atom stereocenters. The van der Waals surface area contributed by atoms with E-state index in [2.05, 4.69) is 20.2 Å². The molecule has 1 aliphatic rings. The van der Waals surface area contributed by atoms with Crippen LogP contribution in [-0.2, 0) is 6.54 Å². The number of carbonyl (C=O) groups excluding carboxylic acids is 1. The second-order valence-electron chi connectivity index (χ2n) is 4.90. The SMILES string of the molecule is O=C(NCc1ccc(Cl)s1)N1CCN(c2cnccn2)CC1. The average molecular weight is 338 g/mol. The lowest BCUT2D eigenvalue weighted by molar-refractivity contribution is 0.194. The lowest BCUT2D eigenvalue weighted by Crippen LogP contribution is -2.51. The summed E-state index contributed by atoms with van der Waals surface area (Å²) in [5.41, 5.74) is 0. The molecule has 0 aromatic carbocycles. The van der Waals surface area contributed by atoms with Gasteiger partial charge in [0.15, 0.2) is 0 Å². The van der Waals surface area contributed by atoms with Crippen molar-refractivity contribution in [1.29, 1.82) is 0 Å². The molecule has 1 aliphatic heterocycles. The van der Waals surface area contributed by atoms with Crippen molar-refractivity contribution in [3.8, 4) is 0 Å². The summed E-state index contributed by atoms with van der Waals surface area (Å²) in [5, 5.41) is 2.93. The standard InChI is InChI=1S/C14H16ClN5OS/c15-12-2-1-11(22-12)9-18-14(21)20-7-5-19(6-8-20)13-10-16-3-4-17-13/h1-4,10H,5-9H2,(H,18,21). The summed E-state index contributed by atoms with van der Waals surface area (Å²) in [6.07, 6.45) is 5.08. The Morgan fingerprint density at radius 3 is 2.73 bits per heavy atom. The Morgan fingerprint density at radius 2 is 2.09 bits per heavy atom. The van der Waals surface area contributed by atoms with E-state index >= 15 is 0 Å². The molecule has 0 atom stereocenters. The number of amides is 2. The third-order valence-electron chi connectivity index (χ3n) is 3.48. The Labute approximate surface area is 137 Å². The molecule has 1 fully saturated rings. The molecule has 3 rings (SSSR count). The molecule has 3 heterocycles. The topological polar surface area (TPSA) is 61.4 Å². The van der Waals surface area contributed by atoms with Gasteiger partial charge >= 0.3 is 6.03 Å². The van der Waals surface area contributed by atoms with E-state index < -0.39 is 0 Å². The Kier molecular flexibility index (Phi) is 4.74. The van der Waals surface area contributed by atoms with Crippen LogP contribution >= 0.6 is 22.9 Å². The summed E-state index contributed by atoms with van der Waals surface area (Å²) in [7, 11) is 0. The smallest absolute Gasteiger partial charge is 0.317 e. The fourth-order valence-electron chi connectivity index (χ4n) is 2.31. The molecule has 2 aromatic rings. The Hall–Kier alpha value is -1.86. The molecule has 116 valence electrons. The van der Waals surface area contributed by atoms with Gasteiger partial charge in [0.05, 0.1) is 17.1 Å². The molecule has 8 heteroatoms. The van der Waals surface area contributed by atoms with Crippen LogP contribution in [0.3, 0.4) is 0 Å². The molecule has 0 spiro atoms. The van der Waals surface area contributed by atoms with Gasteiger partial charge in [-0.2, -0.15) is 0 Å². The number of nitrogens with one attached hydrogen (secondary N) is 1. The summed E-state index contributed by atoms with van der Waals surface area (Å²) in [4.78, 5) is 25.5. The van der Waals surface area contributed by atoms with Crippen LogP contribution in [-0.4, -0.2) is 47.1 Å². The molecular formula is C14H16ClN5OS. The van der Waals surface area contributed by atoms with Gasteiger partial charge in [-0.05, 0) is 12.1 Å². The zero-order valence-corrected chi connectivity index (χ0v) is 13.5. The van der Waals surface area contributed by atoms with Crippen LogP contribution in [0.25, 0.3) is 0 Å². The number of anilines is 1. The van der Waals surface area contributed by atoms with Crippen LogP contribution in [0.2, 0.25) is 4.34 Å². The molecule has 1 saturated heterocycles. The van der Waals surface area contributed by atoms with Crippen molar-refractivity contribution in [1.82, 2.24) is 20.2 Å². The molecule has 2 amide bonds. The normalized spacial score (nSPS) is 15.0. The highest BCUT2D eigenvalue weighted by atomic mass is 35.5. The third kappa shape index (κ3) is 3.66. The highest BCUT2D eigenvalue weighted by molar-refractivity contribution is 7.16. The van der Waals surface area contributed by atoms with Crippen molar-refractivity contribution in [2.45, 2.75) is 6.54 Å². The van der Waals surface area contributed by atoms with Crippen molar-refractivity contribution in [3.63, 3.8) is 0 Å². The minimum absolute atomic E-state index is 0.0386. The van der Waals surface area contributed by atoms with E-state index in [0.29, 0.717) is 19.6 Å². The number of rotatable bonds is 3. The fraction of sp³-hybridized carbons (Fsp3) is 0.357. The van der Waals surface area contributed by atoms with Gasteiger partial charge in [0, 0.05) is 43.4 Å². The van der Waals surface area contributed by atoms with Gasteiger partial charge in [0.1, 0.15) is 5.82 Å². The number of urea groups is 1. The number of halogens is 1. The maximum absolute atomic E-state index is 12.2. The minimum atomic E-state index is -0.0386. The molecule has 6 nitrogen and oxygen atoms in total. The van der Waals surface area contributed by atoms with Gasteiger partial charge in [-0.3, -0.25) is 4.98 Å². The number of carbonyl (C=O) groups is 1. The van der Waals surface area contributed by atoms with Gasteiger partial charge in [-0.25, -0.2) is 9.78 Å². The van der Waals surface area contributed by atoms with E-state index in [1.54, 1.807) is 18.6 Å². The highest BCUT2D eigenvalue weighted by Crippen LogP contribution is 2.21. The zero-order valence-electron chi connectivity index (χ0n) is 11.9. The van der Waals surface area contributed by atoms with Gasteiger partial charge in [-0.15, -0.1) is 11.3 Å². The van der Waals surface area contributed by atoms with E-state index in [4.69, 9.17) is 11.6 Å². The molecule has 0 bridgehead atoms. The van der Waals surface area contributed by atoms with E-state index in [1.807, 2.05) is 17.0 Å². The fourth-order valence-corrected chi connectivity index (χ4v) is 3.34. The highest BCUT2D eigenvalue weighted by Gasteiger charge is 2.21. The van der Waals surface area contributed by atoms with Crippen molar-refractivity contribution in [2.24, 2.45) is 0 Å². The molecule has 1 N–H and O–H groups in total. The van der Waals surface area contributed by atoms with Crippen LogP contribution in [0, 0.1) is 0 Å². The quantitative estimate of drug-likeness (QED) is 0.933. The largest absolute Gasteiger partial charge is 0.352 e. The second-order valence-corrected chi connectivity index (χ2v) is 6.70. The van der Waals surface area contributed by atoms with Crippen LogP contribution in [0.5, 0.6) is 0 Å². The van der Waals surface area contributed by atoms with Crippen molar-refractivity contribution < 1.29 is 4.79 Å². The van der Waals surface area contributed by atoms with E-state index in [0.717, 1.165) is 28.1 Å². The Morgan fingerprint density at radius 1 is 1.27 bits per heavy atom. The predicted octanol–water partition coefficient (Wildman–Crippen LogP) is 2.22. The van der Waals surface area contributed by atoms with Crippen LogP contribution in [0.15, 0.2) is 30.7 Å². The number of hydrogen-bond donors (Lipinski definition) is 1. The van der Waals surface area contributed by atoms with Crippen molar-refractivity contribution in [3.05, 3.63) is 39.9 Å². The van der Waals surface area contributed by atoms with E-state index in [1.165, 1.54) is 11.3 Å². The monoisotopic (exact) mass is 337 g/mol. The van der Waals surface area contributed by atoms with Crippen molar-refractivity contribution >= 4 is 34.8 Å². The first-order valence-electron chi connectivity index (χ1n) is 7.00. The van der Waals surface area contributed by atoms with Gasteiger partial charge in [-0.1, -0.05) is 11.6 Å². The molecule has 0 saturated carbocycles. The summed E-state index contributed by atoms with van der Waals surface area (Å²) in [6.45, 7) is 3.38. The summed E-state index contributed by atoms with van der Waals surface area (Å²) >= 11 is 7.36. The van der Waals surface area contributed by atoms with Crippen LogP contribution in [0.4, 0.5) is 10.6 Å². The maximum Gasteiger partial charge on any atom is 0.317 e. The first-order valence-corrected chi connectivity index (χ1v) is 8.20. The van der Waals surface area contributed by atoms with Crippen molar-refractivity contribution in [2.75, 3.05) is 31.1 Å². The van der Waals surface area contributed by atoms with Gasteiger partial charge in [0.25, 0.3) is 0 Å². The predicted molar refractivity (Wildman–Crippen MR) is 87.4 cm³/mol. The van der Waals surface area contributed by atoms with Crippen LogP contribution < -0.4 is 10.2 Å². The first kappa shape index (κ1) is 15.1. The summed E-state index contributed by atoms with van der Waals surface area (Å²) in [6, 6.07) is 3.73. The molecule has 2 aromatic heterocycles. The Bertz CT molecular complexity index is 627. The van der Waals surface area contributed by atoms with Gasteiger partial charge < -0.3 is 15.1 Å². The average Bonchev–Trinajstić information content (AvgIpc) is 2.99. The lowest BCUT2D eigenvalue weighted by Gasteiger charge is -2.35. The Balaban J connectivity index is 1.47. The number of nitrogens with zero attached hydrogens (tertiary/aromatic N) is 4. The lowest BCUT2D eigenvalue weighted by atomic mass is 10.3. The number of piperazine rings is 1. The number of hydrogen-bond acceptors (Lipinski definition) is 5. The minimum Gasteiger partial charge on any atom is -0.352 e. The van der Waals surface area contributed by atoms with Gasteiger partial charge in [0.2, 0.25) is 0 Å². The zero-order chi connectivity index (χ0) is 15.4. The molecular weight excluding hydrogens is 322 g/mol. The maximum atomic E-state index is 12.2. The first-order chi connectivity index (χ1) is 10.7. The van der Waals surface area contributed by atoms with Crippen LogP contribution in [0.1, 0.15) is 4.88 Å². The third-order valence-corrected chi connectivity index (χ3v) is 4.71. The number of thiophene rings is 1. The molecule has 0 aliphatic carbocycles. The molecule has 22 heavy (non-hydrogen) atoms. The second kappa shape index (κ2) is 6.93. The van der Waals surface area contributed by atoms with E-state index in [9.17, 15) is 4.79 Å². The molecule has 0 radical (unpaired) electrons. The summed E-state index contributed by atoms with van der Waals surface area (Å²) in [5.74, 6) is 0.857. The number of aromatic nitrogens is 2. The van der Waals surface area contributed by atoms with E-state index in [-0.39, 0.29) is 6.03 Å². The summed E-state index contributed by atoms with van der Waals surface area (Å²) < 4.78 is 0.738.